The zero-order chi connectivity index (χ0) is 15.8. The Balaban J connectivity index is 2.39. The Bertz CT molecular complexity index is 675. The van der Waals surface area contributed by atoms with E-state index in [9.17, 15) is 0 Å². The Labute approximate surface area is 135 Å². The van der Waals surface area contributed by atoms with E-state index in [1.54, 1.807) is 6.07 Å². The highest BCUT2D eigenvalue weighted by atomic mass is 35.5. The largest absolute Gasteiger partial charge is 0.456 e. The van der Waals surface area contributed by atoms with Crippen LogP contribution >= 0.6 is 23.2 Å². The molecule has 112 valence electrons. The van der Waals surface area contributed by atoms with Gasteiger partial charge in [-0.05, 0) is 53.8 Å². The zero-order valence-electron chi connectivity index (χ0n) is 12.6. The van der Waals surface area contributed by atoms with Gasteiger partial charge in [0.2, 0.25) is 0 Å². The molecule has 0 aliphatic carbocycles. The third-order valence-corrected chi connectivity index (χ3v) is 3.92. The Morgan fingerprint density at radius 3 is 2.29 bits per heavy atom. The number of benzene rings is 2. The van der Waals surface area contributed by atoms with Crippen LogP contribution in [-0.2, 0) is 5.41 Å². The van der Waals surface area contributed by atoms with E-state index < -0.39 is 0 Å². The molecule has 0 spiro atoms. The van der Waals surface area contributed by atoms with Crippen LogP contribution in [0.15, 0.2) is 30.3 Å². The highest BCUT2D eigenvalue weighted by molar-refractivity contribution is 6.32. The van der Waals surface area contributed by atoms with E-state index in [1.165, 1.54) is 0 Å². The molecule has 21 heavy (non-hydrogen) atoms. The van der Waals surface area contributed by atoms with Gasteiger partial charge in [-0.2, -0.15) is 0 Å². The fourth-order valence-electron chi connectivity index (χ4n) is 2.02. The molecule has 2 nitrogen and oxygen atoms in total. The van der Waals surface area contributed by atoms with Gasteiger partial charge in [-0.25, -0.2) is 0 Å². The summed E-state index contributed by atoms with van der Waals surface area (Å²) in [5, 5.41) is 1.22. The van der Waals surface area contributed by atoms with Crippen molar-refractivity contribution in [3.05, 3.63) is 51.5 Å². The summed E-state index contributed by atoms with van der Waals surface area (Å²) >= 11 is 12.4. The molecule has 2 aromatic carbocycles. The number of aryl methyl sites for hydroxylation is 1. The molecule has 0 amide bonds. The third kappa shape index (κ3) is 3.63. The minimum absolute atomic E-state index is 0.0583. The van der Waals surface area contributed by atoms with Gasteiger partial charge in [0.1, 0.15) is 11.5 Å². The lowest BCUT2D eigenvalue weighted by atomic mass is 9.87. The molecule has 0 fully saturated rings. The molecule has 0 unspecified atom stereocenters. The summed E-state index contributed by atoms with van der Waals surface area (Å²) in [5.74, 6) is 1.29. The van der Waals surface area contributed by atoms with Crippen molar-refractivity contribution in [3.63, 3.8) is 0 Å². The monoisotopic (exact) mass is 323 g/mol. The van der Waals surface area contributed by atoms with Crippen LogP contribution in [0.4, 0.5) is 5.69 Å². The first-order valence-electron chi connectivity index (χ1n) is 6.72. The Hall–Kier alpha value is -1.38. The van der Waals surface area contributed by atoms with E-state index in [4.69, 9.17) is 33.7 Å². The summed E-state index contributed by atoms with van der Waals surface area (Å²) in [5.41, 5.74) is 8.38. The highest BCUT2D eigenvalue weighted by Crippen LogP contribution is 2.37. The molecule has 0 atom stereocenters. The van der Waals surface area contributed by atoms with Gasteiger partial charge in [0.25, 0.3) is 0 Å². The zero-order valence-corrected chi connectivity index (χ0v) is 14.1. The second kappa shape index (κ2) is 5.78. The quantitative estimate of drug-likeness (QED) is 0.690. The molecule has 0 heterocycles. The van der Waals surface area contributed by atoms with Crippen molar-refractivity contribution in [2.45, 2.75) is 33.1 Å². The van der Waals surface area contributed by atoms with E-state index in [0.29, 0.717) is 22.2 Å². The maximum Gasteiger partial charge on any atom is 0.146 e. The van der Waals surface area contributed by atoms with Gasteiger partial charge >= 0.3 is 0 Å². The molecular weight excluding hydrogens is 305 g/mol. The van der Waals surface area contributed by atoms with Gasteiger partial charge in [-0.1, -0.05) is 44.0 Å². The second-order valence-corrected chi connectivity index (χ2v) is 6.95. The molecule has 4 heteroatoms. The van der Waals surface area contributed by atoms with Crippen molar-refractivity contribution >= 4 is 28.9 Å². The van der Waals surface area contributed by atoms with Crippen molar-refractivity contribution in [2.75, 3.05) is 5.73 Å². The maximum absolute atomic E-state index is 6.26. The van der Waals surface area contributed by atoms with Crippen LogP contribution < -0.4 is 10.5 Å². The van der Waals surface area contributed by atoms with Gasteiger partial charge in [0.05, 0.1) is 5.02 Å². The fourth-order valence-corrected chi connectivity index (χ4v) is 2.63. The molecule has 0 aliphatic heterocycles. The summed E-state index contributed by atoms with van der Waals surface area (Å²) in [4.78, 5) is 0. The van der Waals surface area contributed by atoms with Crippen LogP contribution in [0, 0.1) is 6.92 Å². The Kier molecular flexibility index (Phi) is 4.40. The van der Waals surface area contributed by atoms with Gasteiger partial charge in [-0.3, -0.25) is 0 Å². The van der Waals surface area contributed by atoms with E-state index in [1.807, 2.05) is 31.2 Å². The summed E-state index contributed by atoms with van der Waals surface area (Å²) in [7, 11) is 0. The SMILES string of the molecule is Cc1cc(Oc2ccc(Cl)c(C(C)(C)C)c2)c(Cl)cc1N. The van der Waals surface area contributed by atoms with Crippen LogP contribution in [0.1, 0.15) is 31.9 Å². The Morgan fingerprint density at radius 1 is 1.00 bits per heavy atom. The normalized spacial score (nSPS) is 11.5. The number of nitrogens with two attached hydrogens (primary N) is 1. The molecule has 0 saturated heterocycles. The lowest BCUT2D eigenvalue weighted by Gasteiger charge is -2.21. The summed E-state index contributed by atoms with van der Waals surface area (Å²) in [6.07, 6.45) is 0. The number of hydrogen-bond donors (Lipinski definition) is 1. The standard InChI is InChI=1S/C17H19Cl2NO/c1-10-7-16(14(19)9-15(10)20)21-11-5-6-13(18)12(8-11)17(2,3)4/h5-9H,20H2,1-4H3. The summed E-state index contributed by atoms with van der Waals surface area (Å²) in [6, 6.07) is 9.16. The predicted molar refractivity (Wildman–Crippen MR) is 90.8 cm³/mol. The van der Waals surface area contributed by atoms with Crippen LogP contribution in [0.25, 0.3) is 0 Å². The first kappa shape index (κ1) is 16.0. The first-order chi connectivity index (χ1) is 9.68. The lowest BCUT2D eigenvalue weighted by molar-refractivity contribution is 0.478. The van der Waals surface area contributed by atoms with Crippen LogP contribution in [0.3, 0.4) is 0 Å². The van der Waals surface area contributed by atoms with Gasteiger partial charge in [0, 0.05) is 10.7 Å². The van der Waals surface area contributed by atoms with Crippen LogP contribution in [-0.4, -0.2) is 0 Å². The predicted octanol–water partition coefficient (Wildman–Crippen LogP) is 5.97. The molecule has 0 aliphatic rings. The molecule has 2 N–H and O–H groups in total. The minimum atomic E-state index is -0.0583. The van der Waals surface area contributed by atoms with Crippen molar-refractivity contribution in [1.82, 2.24) is 0 Å². The molecular formula is C17H19Cl2NO. The number of halogens is 2. The molecule has 2 aromatic rings. The number of rotatable bonds is 2. The molecule has 0 aromatic heterocycles. The van der Waals surface area contributed by atoms with Crippen molar-refractivity contribution in [2.24, 2.45) is 0 Å². The van der Waals surface area contributed by atoms with E-state index in [2.05, 4.69) is 20.8 Å². The van der Waals surface area contributed by atoms with Gasteiger partial charge in [-0.15, -0.1) is 0 Å². The third-order valence-electron chi connectivity index (χ3n) is 3.29. The van der Waals surface area contributed by atoms with Gasteiger partial charge in [0.15, 0.2) is 0 Å². The molecule has 0 radical (unpaired) electrons. The van der Waals surface area contributed by atoms with Crippen LogP contribution in [0.5, 0.6) is 11.5 Å². The van der Waals surface area contributed by atoms with Gasteiger partial charge < -0.3 is 10.5 Å². The number of anilines is 1. The molecule has 2 rings (SSSR count). The van der Waals surface area contributed by atoms with E-state index in [0.717, 1.165) is 16.1 Å². The number of nitrogen functional groups attached to an aromatic ring is 1. The number of ether oxygens (including phenoxy) is 1. The molecule has 0 saturated carbocycles. The van der Waals surface area contributed by atoms with E-state index in [-0.39, 0.29) is 5.41 Å². The lowest BCUT2D eigenvalue weighted by Crippen LogP contribution is -2.11. The van der Waals surface area contributed by atoms with E-state index >= 15 is 0 Å². The smallest absolute Gasteiger partial charge is 0.146 e. The first-order valence-corrected chi connectivity index (χ1v) is 7.47. The summed E-state index contributed by atoms with van der Waals surface area (Å²) in [6.45, 7) is 8.25. The second-order valence-electron chi connectivity index (χ2n) is 6.13. The van der Waals surface area contributed by atoms with Crippen molar-refractivity contribution < 1.29 is 4.74 Å². The van der Waals surface area contributed by atoms with Crippen LogP contribution in [0.2, 0.25) is 10.0 Å². The fraction of sp³-hybridized carbons (Fsp3) is 0.294. The maximum atomic E-state index is 6.26. The minimum Gasteiger partial charge on any atom is -0.456 e. The summed E-state index contributed by atoms with van der Waals surface area (Å²) < 4.78 is 5.89. The van der Waals surface area contributed by atoms with Crippen molar-refractivity contribution in [3.8, 4) is 11.5 Å². The van der Waals surface area contributed by atoms with Crippen molar-refractivity contribution in [1.29, 1.82) is 0 Å². The average molecular weight is 324 g/mol. The highest BCUT2D eigenvalue weighted by Gasteiger charge is 2.18. The topological polar surface area (TPSA) is 35.2 Å². The Morgan fingerprint density at radius 2 is 1.67 bits per heavy atom. The molecule has 0 bridgehead atoms. The number of hydrogen-bond acceptors (Lipinski definition) is 2. The average Bonchev–Trinajstić information content (AvgIpc) is 2.37.